The van der Waals surface area contributed by atoms with Crippen LogP contribution >= 0.6 is 0 Å². The number of hydrogen-bond donors (Lipinski definition) is 2. The molecule has 4 unspecified atom stereocenters. The highest BCUT2D eigenvalue weighted by Gasteiger charge is 2.72. The highest BCUT2D eigenvalue weighted by Crippen LogP contribution is 2.66. The van der Waals surface area contributed by atoms with Crippen LogP contribution < -0.4 is 9.62 Å². The summed E-state index contributed by atoms with van der Waals surface area (Å²) in [5.74, 6) is 1.06. The maximum absolute atomic E-state index is 11.9. The number of nitrogens with zero attached hydrogens (tertiary/aromatic N) is 4. The molecule has 2 N–H and O–H groups in total. The molecule has 4 aliphatic rings. The fourth-order valence-electron chi connectivity index (χ4n) is 5.59. The second-order valence-electron chi connectivity index (χ2n) is 9.60. The summed E-state index contributed by atoms with van der Waals surface area (Å²) in [6.45, 7) is 8.56. The molecule has 2 aromatic heterocycles. The van der Waals surface area contributed by atoms with Crippen LogP contribution in [-0.2, 0) is 20.4 Å². The Labute approximate surface area is 182 Å². The van der Waals surface area contributed by atoms with Crippen LogP contribution in [0.15, 0.2) is 12.3 Å². The molecule has 6 rings (SSSR count). The van der Waals surface area contributed by atoms with E-state index in [1.807, 2.05) is 17.6 Å². The molecule has 0 spiro atoms. The maximum Gasteiger partial charge on any atom is 0.211 e. The molecule has 0 radical (unpaired) electrons. The molecule has 2 bridgehead atoms. The van der Waals surface area contributed by atoms with Gasteiger partial charge >= 0.3 is 0 Å². The molecule has 9 nitrogen and oxygen atoms in total. The molecule has 3 aliphatic heterocycles. The number of aromatic nitrogens is 3. The number of ether oxygens (including phenoxy) is 1. The number of anilines is 1. The average Bonchev–Trinajstić information content (AvgIpc) is 3.48. The number of pyridine rings is 1. The molecule has 10 heteroatoms. The van der Waals surface area contributed by atoms with Crippen LogP contribution in [0.4, 0.5) is 5.69 Å². The summed E-state index contributed by atoms with van der Waals surface area (Å²) in [6.07, 6.45) is 3.82. The first kappa shape index (κ1) is 21.1. The van der Waals surface area contributed by atoms with Gasteiger partial charge in [0.2, 0.25) is 10.0 Å². The van der Waals surface area contributed by atoms with Crippen LogP contribution in [0.25, 0.3) is 5.65 Å². The lowest BCUT2D eigenvalue weighted by atomic mass is 9.54. The van der Waals surface area contributed by atoms with Gasteiger partial charge in [0, 0.05) is 37.6 Å². The van der Waals surface area contributed by atoms with Crippen molar-refractivity contribution >= 4 is 21.4 Å². The number of fused-ring (bicyclic) bond motifs is 2. The summed E-state index contributed by atoms with van der Waals surface area (Å²) in [5.41, 5.74) is 1.81. The Morgan fingerprint density at radius 3 is 2.90 bits per heavy atom. The van der Waals surface area contributed by atoms with Crippen molar-refractivity contribution in [3.63, 3.8) is 0 Å². The molecule has 0 aromatic carbocycles. The highest BCUT2D eigenvalue weighted by atomic mass is 32.2. The second kappa shape index (κ2) is 7.13. The zero-order valence-electron chi connectivity index (χ0n) is 18.3. The van der Waals surface area contributed by atoms with Crippen LogP contribution in [0.3, 0.4) is 0 Å². The third-order valence-electron chi connectivity index (χ3n) is 7.51. The Kier molecular flexibility index (Phi) is 4.85. The lowest BCUT2D eigenvalue weighted by molar-refractivity contribution is -0.113. The van der Waals surface area contributed by atoms with Crippen LogP contribution in [0.5, 0.6) is 0 Å². The predicted octanol–water partition coefficient (Wildman–Crippen LogP) is 1.05. The van der Waals surface area contributed by atoms with Crippen molar-refractivity contribution in [3.05, 3.63) is 23.7 Å². The van der Waals surface area contributed by atoms with Gasteiger partial charge in [0.25, 0.3) is 0 Å². The summed E-state index contributed by atoms with van der Waals surface area (Å²) in [5, 5.41) is 14.9. The zero-order chi connectivity index (χ0) is 22.0. The van der Waals surface area contributed by atoms with E-state index in [2.05, 4.69) is 22.6 Å². The predicted molar refractivity (Wildman–Crippen MR) is 116 cm³/mol. The van der Waals surface area contributed by atoms with Crippen molar-refractivity contribution in [1.29, 1.82) is 0 Å². The van der Waals surface area contributed by atoms with Crippen LogP contribution in [0.2, 0.25) is 0 Å². The van der Waals surface area contributed by atoms with Gasteiger partial charge in [0.1, 0.15) is 5.60 Å². The van der Waals surface area contributed by atoms with Crippen LogP contribution in [0, 0.1) is 24.2 Å². The fourth-order valence-corrected chi connectivity index (χ4v) is 6.31. The Hall–Kier alpha value is -1.75. The normalized spacial score (nSPS) is 32.7. The van der Waals surface area contributed by atoms with Gasteiger partial charge in [-0.1, -0.05) is 6.92 Å². The second-order valence-corrected chi connectivity index (χ2v) is 11.7. The number of sulfonamides is 1. The van der Waals surface area contributed by atoms with Gasteiger partial charge in [-0.25, -0.2) is 22.6 Å². The molecule has 3 saturated heterocycles. The quantitative estimate of drug-likeness (QED) is 0.650. The summed E-state index contributed by atoms with van der Waals surface area (Å²) < 4.78 is 34.5. The molecule has 5 heterocycles. The van der Waals surface area contributed by atoms with Gasteiger partial charge in [-0.2, -0.15) is 0 Å². The molecular weight excluding hydrogens is 418 g/mol. The van der Waals surface area contributed by atoms with Crippen molar-refractivity contribution in [2.45, 2.75) is 39.2 Å². The molecule has 170 valence electrons. The first-order chi connectivity index (χ1) is 14.7. The Morgan fingerprint density at radius 2 is 2.23 bits per heavy atom. The average molecular weight is 450 g/mol. The van der Waals surface area contributed by atoms with Crippen molar-refractivity contribution in [3.8, 4) is 0 Å². The number of aryl methyl sites for hydroxylation is 1. The van der Waals surface area contributed by atoms with Crippen molar-refractivity contribution in [2.75, 3.05) is 43.5 Å². The van der Waals surface area contributed by atoms with Crippen molar-refractivity contribution in [1.82, 2.24) is 19.3 Å². The minimum absolute atomic E-state index is 0.0320. The van der Waals surface area contributed by atoms with E-state index in [1.165, 1.54) is 6.42 Å². The van der Waals surface area contributed by atoms with Crippen molar-refractivity contribution in [2.24, 2.45) is 17.3 Å². The Balaban J connectivity index is 1.44. The van der Waals surface area contributed by atoms with E-state index >= 15 is 0 Å². The Morgan fingerprint density at radius 1 is 1.42 bits per heavy atom. The third kappa shape index (κ3) is 3.18. The topological polar surface area (TPSA) is 109 Å². The molecule has 1 aliphatic carbocycles. The lowest BCUT2D eigenvalue weighted by Crippen LogP contribution is -2.59. The van der Waals surface area contributed by atoms with E-state index in [1.54, 1.807) is 6.92 Å². The van der Waals surface area contributed by atoms with E-state index in [4.69, 9.17) is 14.8 Å². The highest BCUT2D eigenvalue weighted by molar-refractivity contribution is 7.89. The van der Waals surface area contributed by atoms with E-state index in [0.717, 1.165) is 30.0 Å². The van der Waals surface area contributed by atoms with Gasteiger partial charge in [0.15, 0.2) is 11.5 Å². The summed E-state index contributed by atoms with van der Waals surface area (Å²) in [7, 11) is -3.31. The number of aliphatic hydroxyl groups excluding tert-OH is 1. The molecule has 4 fully saturated rings. The van der Waals surface area contributed by atoms with Crippen molar-refractivity contribution < 1.29 is 18.3 Å². The van der Waals surface area contributed by atoms with E-state index in [9.17, 15) is 13.5 Å². The number of nitrogens with one attached hydrogen (secondary N) is 1. The maximum atomic E-state index is 11.9. The first-order valence-corrected chi connectivity index (χ1v) is 12.7. The molecular formula is C21H31N5O4S. The smallest absolute Gasteiger partial charge is 0.211 e. The SMILES string of the molecule is CCS(=O)(=O)NCC12COC(c3nc4c(C)cc(N5CCC(C)C5)cn4n3)(C1)C2CO. The van der Waals surface area contributed by atoms with Gasteiger partial charge in [-0.05, 0) is 44.2 Å². The Bertz CT molecular complexity index is 1120. The molecule has 1 saturated carbocycles. The molecule has 2 aromatic rings. The molecule has 0 amide bonds. The third-order valence-corrected chi connectivity index (χ3v) is 8.86. The van der Waals surface area contributed by atoms with Crippen LogP contribution in [0.1, 0.15) is 38.1 Å². The summed E-state index contributed by atoms with van der Waals surface area (Å²) in [6, 6.07) is 2.16. The standard InChI is InChI=1S/C21H31N5O4S/c1-4-31(28,29)22-12-20-11-21(30-13-20,17(20)10-27)19-23-18-15(3)7-16(9-26(18)24-19)25-6-5-14(2)8-25/h7,9,14,17,22,27H,4-6,8,10-13H2,1-3H3. The number of aliphatic hydroxyl groups is 1. The molecule has 31 heavy (non-hydrogen) atoms. The molecule has 4 atom stereocenters. The van der Waals surface area contributed by atoms with E-state index in [-0.39, 0.29) is 24.8 Å². The largest absolute Gasteiger partial charge is 0.396 e. The van der Waals surface area contributed by atoms with Gasteiger partial charge in [-0.15, -0.1) is 5.10 Å². The number of rotatable bonds is 7. The fraction of sp³-hybridized carbons (Fsp3) is 0.714. The zero-order valence-corrected chi connectivity index (χ0v) is 19.2. The summed E-state index contributed by atoms with van der Waals surface area (Å²) >= 11 is 0. The summed E-state index contributed by atoms with van der Waals surface area (Å²) in [4.78, 5) is 7.18. The van der Waals surface area contributed by atoms with Gasteiger partial charge < -0.3 is 14.7 Å². The van der Waals surface area contributed by atoms with E-state index in [0.29, 0.717) is 24.8 Å². The lowest BCUT2D eigenvalue weighted by Gasteiger charge is -2.50. The van der Waals surface area contributed by atoms with Crippen LogP contribution in [-0.4, -0.2) is 66.7 Å². The van der Waals surface area contributed by atoms with Gasteiger partial charge in [0.05, 0.1) is 24.2 Å². The van der Waals surface area contributed by atoms with Gasteiger partial charge in [-0.3, -0.25) is 0 Å². The first-order valence-electron chi connectivity index (χ1n) is 11.1. The minimum atomic E-state index is -3.31. The number of hydrogen-bond acceptors (Lipinski definition) is 7. The minimum Gasteiger partial charge on any atom is -0.396 e. The van der Waals surface area contributed by atoms with E-state index < -0.39 is 21.0 Å². The monoisotopic (exact) mass is 449 g/mol.